The minimum Gasteiger partial charge on any atom is -0.274 e. The predicted octanol–water partition coefficient (Wildman–Crippen LogP) is 2.38. The monoisotopic (exact) mass is 283 g/mol. The minimum atomic E-state index is -0.363. The Bertz CT molecular complexity index is 659. The number of carbonyl (C=O) groups is 2. The second-order valence-corrected chi connectivity index (χ2v) is 6.64. The first-order valence-electron chi connectivity index (χ1n) is 7.48. The van der Waals surface area contributed by atoms with Crippen LogP contribution in [0.1, 0.15) is 6.42 Å². The molecule has 1 aliphatic heterocycles. The summed E-state index contributed by atoms with van der Waals surface area (Å²) in [6, 6.07) is 5.61. The maximum atomic E-state index is 13.1. The van der Waals surface area contributed by atoms with Crippen LogP contribution in [0.2, 0.25) is 0 Å². The molecule has 0 radical (unpaired) electrons. The van der Waals surface area contributed by atoms with Crippen LogP contribution in [0.4, 0.5) is 10.1 Å². The summed E-state index contributed by atoms with van der Waals surface area (Å²) in [5, 5.41) is 0. The molecular formula is C17H14FNO2. The second-order valence-electron chi connectivity index (χ2n) is 6.64. The van der Waals surface area contributed by atoms with Gasteiger partial charge in [0, 0.05) is 0 Å². The molecule has 6 atom stereocenters. The van der Waals surface area contributed by atoms with E-state index in [4.69, 9.17) is 0 Å². The number of amides is 2. The van der Waals surface area contributed by atoms with Gasteiger partial charge in [-0.3, -0.25) is 14.5 Å². The van der Waals surface area contributed by atoms with Crippen LogP contribution in [0.3, 0.4) is 0 Å². The third-order valence-corrected chi connectivity index (χ3v) is 5.75. The third kappa shape index (κ3) is 1.33. The molecular weight excluding hydrogens is 269 g/mol. The lowest BCUT2D eigenvalue weighted by Crippen LogP contribution is -2.40. The van der Waals surface area contributed by atoms with Crippen LogP contribution < -0.4 is 4.90 Å². The summed E-state index contributed by atoms with van der Waals surface area (Å²) >= 11 is 0. The summed E-state index contributed by atoms with van der Waals surface area (Å²) in [6.45, 7) is 0. The Labute approximate surface area is 121 Å². The SMILES string of the molecule is O=C1[C@H]2[C@@H]3C=C[C@H]([C@H]4C[C@H]34)[C@@H]2C(=O)N1c1ccc(F)cc1. The van der Waals surface area contributed by atoms with Gasteiger partial charge in [-0.1, -0.05) is 12.2 Å². The van der Waals surface area contributed by atoms with Crippen molar-refractivity contribution in [2.45, 2.75) is 6.42 Å². The highest BCUT2D eigenvalue weighted by Gasteiger charge is 2.67. The van der Waals surface area contributed by atoms with Crippen molar-refractivity contribution >= 4 is 17.5 Å². The van der Waals surface area contributed by atoms with E-state index in [0.717, 1.165) is 6.42 Å². The van der Waals surface area contributed by atoms with E-state index in [2.05, 4.69) is 12.2 Å². The molecule has 3 nitrogen and oxygen atoms in total. The van der Waals surface area contributed by atoms with Gasteiger partial charge in [0.1, 0.15) is 5.82 Å². The molecule has 2 bridgehead atoms. The largest absolute Gasteiger partial charge is 0.274 e. The number of halogens is 1. The summed E-state index contributed by atoms with van der Waals surface area (Å²) in [7, 11) is 0. The number of nitrogens with zero attached hydrogens (tertiary/aromatic N) is 1. The van der Waals surface area contributed by atoms with Crippen LogP contribution >= 0.6 is 0 Å². The number of allylic oxidation sites excluding steroid dienone is 2. The molecule has 106 valence electrons. The van der Waals surface area contributed by atoms with Crippen molar-refractivity contribution in [3.63, 3.8) is 0 Å². The Kier molecular flexibility index (Phi) is 2.01. The van der Waals surface area contributed by atoms with Gasteiger partial charge in [-0.25, -0.2) is 4.39 Å². The van der Waals surface area contributed by atoms with Gasteiger partial charge in [-0.2, -0.15) is 0 Å². The number of hydrogen-bond donors (Lipinski definition) is 0. The highest BCUT2D eigenvalue weighted by Crippen LogP contribution is 2.65. The molecule has 2 amide bonds. The topological polar surface area (TPSA) is 37.4 Å². The molecule has 1 aromatic carbocycles. The normalized spacial score (nSPS) is 42.2. The lowest BCUT2D eigenvalue weighted by Gasteiger charge is -2.37. The molecule has 1 aromatic rings. The van der Waals surface area contributed by atoms with Crippen LogP contribution in [0.25, 0.3) is 0 Å². The fraction of sp³-hybridized carbons (Fsp3) is 0.412. The predicted molar refractivity (Wildman–Crippen MR) is 73.6 cm³/mol. The highest BCUT2D eigenvalue weighted by atomic mass is 19.1. The lowest BCUT2D eigenvalue weighted by atomic mass is 9.63. The summed E-state index contributed by atoms with van der Waals surface area (Å²) in [6.07, 6.45) is 5.46. The second kappa shape index (κ2) is 3.62. The van der Waals surface area contributed by atoms with E-state index >= 15 is 0 Å². The fourth-order valence-corrected chi connectivity index (χ4v) is 4.80. The summed E-state index contributed by atoms with van der Waals surface area (Å²) < 4.78 is 13.1. The van der Waals surface area contributed by atoms with Crippen molar-refractivity contribution in [2.24, 2.45) is 35.5 Å². The van der Waals surface area contributed by atoms with Crippen molar-refractivity contribution in [3.8, 4) is 0 Å². The molecule has 1 saturated heterocycles. The molecule has 0 spiro atoms. The van der Waals surface area contributed by atoms with Gasteiger partial charge in [-0.15, -0.1) is 0 Å². The van der Waals surface area contributed by atoms with Gasteiger partial charge in [-0.05, 0) is 54.4 Å². The number of hydrogen-bond acceptors (Lipinski definition) is 2. The van der Waals surface area contributed by atoms with Crippen molar-refractivity contribution in [1.29, 1.82) is 0 Å². The molecule has 4 heteroatoms. The smallest absolute Gasteiger partial charge is 0.238 e. The van der Waals surface area contributed by atoms with Gasteiger partial charge < -0.3 is 0 Å². The van der Waals surface area contributed by atoms with E-state index in [1.165, 1.54) is 29.2 Å². The Morgan fingerprint density at radius 3 is 1.95 bits per heavy atom. The zero-order valence-electron chi connectivity index (χ0n) is 11.3. The summed E-state index contributed by atoms with van der Waals surface area (Å²) in [4.78, 5) is 26.8. The Balaban J connectivity index is 1.58. The Hall–Kier alpha value is -1.97. The van der Waals surface area contributed by atoms with Crippen molar-refractivity contribution in [3.05, 3.63) is 42.2 Å². The molecule has 4 aliphatic carbocycles. The molecule has 3 fully saturated rings. The van der Waals surface area contributed by atoms with Gasteiger partial charge in [0.05, 0.1) is 17.5 Å². The van der Waals surface area contributed by atoms with Gasteiger partial charge in [0.25, 0.3) is 0 Å². The zero-order valence-corrected chi connectivity index (χ0v) is 11.3. The molecule has 5 aliphatic rings. The van der Waals surface area contributed by atoms with Crippen molar-refractivity contribution < 1.29 is 14.0 Å². The van der Waals surface area contributed by atoms with Gasteiger partial charge in [0.15, 0.2) is 0 Å². The fourth-order valence-electron chi connectivity index (χ4n) is 4.80. The van der Waals surface area contributed by atoms with Crippen LogP contribution in [-0.4, -0.2) is 11.8 Å². The van der Waals surface area contributed by atoms with Crippen molar-refractivity contribution in [1.82, 2.24) is 0 Å². The third-order valence-electron chi connectivity index (χ3n) is 5.75. The zero-order chi connectivity index (χ0) is 14.3. The van der Waals surface area contributed by atoms with Crippen LogP contribution in [0.15, 0.2) is 36.4 Å². The molecule has 6 rings (SSSR count). The highest BCUT2D eigenvalue weighted by molar-refractivity contribution is 6.22. The van der Waals surface area contributed by atoms with Crippen LogP contribution in [0, 0.1) is 41.3 Å². The molecule has 2 saturated carbocycles. The van der Waals surface area contributed by atoms with E-state index in [1.807, 2.05) is 0 Å². The summed E-state index contributed by atoms with van der Waals surface area (Å²) in [5.74, 6) is 0.722. The van der Waals surface area contributed by atoms with E-state index in [1.54, 1.807) is 0 Å². The average Bonchev–Trinajstić information content (AvgIpc) is 3.26. The minimum absolute atomic E-state index is 0.0960. The molecule has 1 heterocycles. The van der Waals surface area contributed by atoms with Gasteiger partial charge >= 0.3 is 0 Å². The standard InChI is InChI=1S/C17H14FNO2/c18-8-1-3-9(4-2-8)19-16(20)14-10-5-6-11(13-7-12(10)13)15(14)17(19)21/h1-6,10-15H,7H2/t10-,11-,12-,13-,14+,15+/m1/s1. The molecule has 21 heavy (non-hydrogen) atoms. The number of imide groups is 1. The van der Waals surface area contributed by atoms with Gasteiger partial charge in [0.2, 0.25) is 11.8 Å². The Morgan fingerprint density at radius 1 is 0.905 bits per heavy atom. The average molecular weight is 283 g/mol. The molecule has 0 unspecified atom stereocenters. The van der Waals surface area contributed by atoms with E-state index < -0.39 is 0 Å². The summed E-state index contributed by atoms with van der Waals surface area (Å²) in [5.41, 5.74) is 0.494. The van der Waals surface area contributed by atoms with E-state index in [9.17, 15) is 14.0 Å². The van der Waals surface area contributed by atoms with E-state index in [-0.39, 0.29) is 41.3 Å². The lowest BCUT2D eigenvalue weighted by molar-refractivity contribution is -0.124. The number of carbonyl (C=O) groups excluding carboxylic acids is 2. The van der Waals surface area contributed by atoms with Crippen LogP contribution in [-0.2, 0) is 9.59 Å². The Morgan fingerprint density at radius 2 is 1.43 bits per heavy atom. The number of rotatable bonds is 1. The number of benzene rings is 1. The van der Waals surface area contributed by atoms with Crippen LogP contribution in [0.5, 0.6) is 0 Å². The first kappa shape index (κ1) is 11.7. The van der Waals surface area contributed by atoms with Crippen molar-refractivity contribution in [2.75, 3.05) is 4.90 Å². The quantitative estimate of drug-likeness (QED) is 0.586. The first-order chi connectivity index (χ1) is 10.2. The maximum absolute atomic E-state index is 13.1. The maximum Gasteiger partial charge on any atom is 0.238 e. The molecule has 0 N–H and O–H groups in total. The number of anilines is 1. The first-order valence-corrected chi connectivity index (χ1v) is 7.48. The van der Waals surface area contributed by atoms with E-state index in [0.29, 0.717) is 17.5 Å². The molecule has 0 aromatic heterocycles.